The number of benzene rings is 2. The highest BCUT2D eigenvalue weighted by molar-refractivity contribution is 5.70. The van der Waals surface area contributed by atoms with E-state index in [0.717, 1.165) is 35.2 Å². The van der Waals surface area contributed by atoms with Crippen molar-refractivity contribution >= 4 is 0 Å². The molecular weight excluding hydrogens is 580 g/mol. The monoisotopic (exact) mass is 612 g/mol. The predicted molar refractivity (Wildman–Crippen MR) is 171 cm³/mol. The summed E-state index contributed by atoms with van der Waals surface area (Å²) in [5.74, 6) is 2.69. The number of furan rings is 1. The average Bonchev–Trinajstić information content (AvgIpc) is 3.75. The Balaban J connectivity index is 1.24. The summed E-state index contributed by atoms with van der Waals surface area (Å²) >= 11 is 0. The molecular formula is C36H32N6O4. The number of hydrogen-bond acceptors (Lipinski definition) is 9. The summed E-state index contributed by atoms with van der Waals surface area (Å²) in [6.45, 7) is 5.87. The van der Waals surface area contributed by atoms with Crippen LogP contribution in [-0.4, -0.2) is 24.5 Å². The van der Waals surface area contributed by atoms with Crippen molar-refractivity contribution in [3.63, 3.8) is 0 Å². The van der Waals surface area contributed by atoms with Crippen molar-refractivity contribution in [3.8, 4) is 40.5 Å². The molecule has 0 amide bonds. The van der Waals surface area contributed by atoms with Crippen LogP contribution in [0.15, 0.2) is 92.9 Å². The van der Waals surface area contributed by atoms with E-state index in [0.29, 0.717) is 58.6 Å². The van der Waals surface area contributed by atoms with Crippen LogP contribution in [0.1, 0.15) is 59.4 Å². The minimum absolute atomic E-state index is 0.149. The first-order valence-electron chi connectivity index (χ1n) is 15.1. The van der Waals surface area contributed by atoms with E-state index in [2.05, 4.69) is 27.9 Å². The smallest absolute Gasteiger partial charge is 0.264 e. The summed E-state index contributed by atoms with van der Waals surface area (Å²) in [5.41, 5.74) is 5.23. The number of hydrogen-bond donors (Lipinski definition) is 0. The molecule has 0 saturated carbocycles. The summed E-state index contributed by atoms with van der Waals surface area (Å²) in [4.78, 5) is 32.3. The number of rotatable bonds is 11. The van der Waals surface area contributed by atoms with E-state index >= 15 is 0 Å². The fourth-order valence-electron chi connectivity index (χ4n) is 5.24. The Bertz CT molecular complexity index is 2050. The SMILES string of the molecule is CCCCc1nc(C)n(-c2ncc(OCc3nc(-c4ccco4)oc3C)cn2)c(=O)c1Cc1ccc(-c2ccccc2C#N)cc1. The fraction of sp³-hybridized carbons (Fsp3) is 0.222. The van der Waals surface area contributed by atoms with Crippen molar-refractivity contribution in [2.24, 2.45) is 0 Å². The molecule has 4 aromatic heterocycles. The summed E-state index contributed by atoms with van der Waals surface area (Å²) in [5, 5.41) is 9.51. The maximum Gasteiger partial charge on any atom is 0.264 e. The van der Waals surface area contributed by atoms with Crippen LogP contribution < -0.4 is 10.3 Å². The van der Waals surface area contributed by atoms with E-state index in [-0.39, 0.29) is 18.1 Å². The van der Waals surface area contributed by atoms with Gasteiger partial charge < -0.3 is 13.6 Å². The van der Waals surface area contributed by atoms with Gasteiger partial charge in [0.25, 0.3) is 11.4 Å². The molecule has 4 heterocycles. The van der Waals surface area contributed by atoms with Gasteiger partial charge in [0.15, 0.2) is 11.5 Å². The van der Waals surface area contributed by atoms with Crippen LogP contribution in [0.3, 0.4) is 0 Å². The molecule has 0 atom stereocenters. The molecule has 6 aromatic rings. The Morgan fingerprint density at radius 2 is 1.74 bits per heavy atom. The molecule has 0 unspecified atom stereocenters. The highest BCUT2D eigenvalue weighted by atomic mass is 16.5. The fourth-order valence-corrected chi connectivity index (χ4v) is 5.24. The minimum Gasteiger partial charge on any atom is -0.484 e. The molecule has 0 fully saturated rings. The average molecular weight is 613 g/mol. The Morgan fingerprint density at radius 1 is 0.957 bits per heavy atom. The quantitative estimate of drug-likeness (QED) is 0.153. The molecule has 46 heavy (non-hydrogen) atoms. The molecule has 2 aromatic carbocycles. The van der Waals surface area contributed by atoms with Gasteiger partial charge in [-0.15, -0.1) is 0 Å². The molecule has 230 valence electrons. The van der Waals surface area contributed by atoms with Crippen LogP contribution in [0.25, 0.3) is 28.7 Å². The maximum absolute atomic E-state index is 14.0. The van der Waals surface area contributed by atoms with E-state index in [1.165, 1.54) is 17.0 Å². The van der Waals surface area contributed by atoms with Crippen molar-refractivity contribution in [3.05, 3.63) is 129 Å². The molecule has 0 N–H and O–H groups in total. The zero-order valence-corrected chi connectivity index (χ0v) is 25.9. The number of nitrogens with zero attached hydrogens (tertiary/aromatic N) is 6. The van der Waals surface area contributed by atoms with Gasteiger partial charge in [0.2, 0.25) is 5.95 Å². The van der Waals surface area contributed by atoms with Crippen LogP contribution in [0.5, 0.6) is 5.75 Å². The lowest BCUT2D eigenvalue weighted by molar-refractivity contribution is 0.297. The predicted octanol–water partition coefficient (Wildman–Crippen LogP) is 6.94. The minimum atomic E-state index is -0.199. The van der Waals surface area contributed by atoms with Gasteiger partial charge >= 0.3 is 0 Å². The van der Waals surface area contributed by atoms with Crippen LogP contribution in [0, 0.1) is 25.2 Å². The zero-order chi connectivity index (χ0) is 32.0. The molecule has 0 saturated heterocycles. The van der Waals surface area contributed by atoms with Crippen molar-refractivity contribution in [2.45, 2.75) is 53.1 Å². The van der Waals surface area contributed by atoms with Gasteiger partial charge in [0.1, 0.15) is 23.9 Å². The first-order chi connectivity index (χ1) is 22.4. The highest BCUT2D eigenvalue weighted by Crippen LogP contribution is 2.25. The second-order valence-corrected chi connectivity index (χ2v) is 10.9. The summed E-state index contributed by atoms with van der Waals surface area (Å²) in [6, 6.07) is 21.3. The molecule has 0 spiro atoms. The topological polar surface area (TPSA) is 133 Å². The zero-order valence-electron chi connectivity index (χ0n) is 25.9. The molecule has 0 aliphatic carbocycles. The van der Waals surface area contributed by atoms with Crippen LogP contribution in [0.4, 0.5) is 0 Å². The summed E-state index contributed by atoms with van der Waals surface area (Å²) in [7, 11) is 0. The summed E-state index contributed by atoms with van der Waals surface area (Å²) in [6.07, 6.45) is 7.63. The van der Waals surface area contributed by atoms with Crippen LogP contribution in [-0.2, 0) is 19.4 Å². The van der Waals surface area contributed by atoms with E-state index < -0.39 is 0 Å². The van der Waals surface area contributed by atoms with Gasteiger partial charge in [-0.25, -0.2) is 24.5 Å². The van der Waals surface area contributed by atoms with Crippen LogP contribution in [0.2, 0.25) is 0 Å². The largest absolute Gasteiger partial charge is 0.484 e. The van der Waals surface area contributed by atoms with Gasteiger partial charge in [-0.2, -0.15) is 5.26 Å². The standard InChI is InChI=1S/C36H32N6O4/c1-4-5-11-31-30(18-25-13-15-26(16-14-25)29-10-7-6-9-27(29)19-37)35(43)42(24(3)40-31)36-38-20-28(21-39-36)45-22-32-23(2)46-34(41-32)33-12-8-17-44-33/h6-10,12-17,20-21H,4-5,11,18,22H2,1-3H3. The molecule has 10 nitrogen and oxygen atoms in total. The van der Waals surface area contributed by atoms with Crippen molar-refractivity contribution < 1.29 is 13.6 Å². The van der Waals surface area contributed by atoms with E-state index in [9.17, 15) is 10.1 Å². The normalized spacial score (nSPS) is 11.0. The number of unbranched alkanes of at least 4 members (excludes halogenated alkanes) is 1. The number of oxazole rings is 1. The van der Waals surface area contributed by atoms with Gasteiger partial charge in [-0.3, -0.25) is 4.79 Å². The Labute approximate surface area is 266 Å². The van der Waals surface area contributed by atoms with Crippen molar-refractivity contribution in [2.75, 3.05) is 0 Å². The molecule has 10 heteroatoms. The van der Waals surface area contributed by atoms with E-state index in [4.69, 9.17) is 18.6 Å². The molecule has 0 radical (unpaired) electrons. The Kier molecular flexibility index (Phi) is 8.83. The van der Waals surface area contributed by atoms with Gasteiger partial charge in [-0.05, 0) is 61.6 Å². The Hall–Kier alpha value is -5.82. The van der Waals surface area contributed by atoms with Crippen LogP contribution >= 0.6 is 0 Å². The molecule has 0 bridgehead atoms. The van der Waals surface area contributed by atoms with Gasteiger partial charge in [0.05, 0.1) is 36.0 Å². The lowest BCUT2D eigenvalue weighted by atomic mass is 9.97. The van der Waals surface area contributed by atoms with Gasteiger partial charge in [-0.1, -0.05) is 55.8 Å². The third-order valence-electron chi connectivity index (χ3n) is 7.71. The number of ether oxygens (including phenoxy) is 1. The summed E-state index contributed by atoms with van der Waals surface area (Å²) < 4.78 is 18.4. The van der Waals surface area contributed by atoms with Gasteiger partial charge in [0, 0.05) is 12.0 Å². The Morgan fingerprint density at radius 3 is 2.46 bits per heavy atom. The number of aryl methyl sites for hydroxylation is 3. The number of nitriles is 1. The third-order valence-corrected chi connectivity index (χ3v) is 7.71. The molecule has 0 aliphatic rings. The lowest BCUT2D eigenvalue weighted by Gasteiger charge is -2.15. The first-order valence-corrected chi connectivity index (χ1v) is 15.1. The second-order valence-electron chi connectivity index (χ2n) is 10.9. The number of aromatic nitrogens is 5. The third kappa shape index (κ3) is 6.35. The maximum atomic E-state index is 14.0. The molecule has 0 aliphatic heterocycles. The van der Waals surface area contributed by atoms with Crippen molar-refractivity contribution in [1.82, 2.24) is 24.5 Å². The highest BCUT2D eigenvalue weighted by Gasteiger charge is 2.19. The van der Waals surface area contributed by atoms with E-state index in [1.807, 2.05) is 49.4 Å². The molecule has 6 rings (SSSR count). The second kappa shape index (κ2) is 13.4. The first kappa shape index (κ1) is 30.2. The lowest BCUT2D eigenvalue weighted by Crippen LogP contribution is -2.29. The van der Waals surface area contributed by atoms with E-state index in [1.54, 1.807) is 31.4 Å². The van der Waals surface area contributed by atoms with Crippen molar-refractivity contribution in [1.29, 1.82) is 5.26 Å².